The highest BCUT2D eigenvalue weighted by molar-refractivity contribution is 5.00. The molecule has 0 saturated carbocycles. The standard InChI is InChI=1S/C12H23N3O/c1-4-12(5-2,10-16)13-8-6-11-7-9-14-15(11)3/h7,9,13,16H,4-6,8,10H2,1-3H3. The van der Waals surface area contributed by atoms with Crippen molar-refractivity contribution in [3.63, 3.8) is 0 Å². The molecular formula is C12H23N3O. The second-order valence-corrected chi connectivity index (χ2v) is 4.27. The number of nitrogens with one attached hydrogen (secondary N) is 1. The van der Waals surface area contributed by atoms with E-state index in [1.165, 1.54) is 5.69 Å². The Labute approximate surface area is 97.7 Å². The van der Waals surface area contributed by atoms with E-state index in [0.717, 1.165) is 25.8 Å². The molecule has 0 unspecified atom stereocenters. The predicted molar refractivity (Wildman–Crippen MR) is 65.3 cm³/mol. The summed E-state index contributed by atoms with van der Waals surface area (Å²) in [7, 11) is 1.95. The zero-order chi connectivity index (χ0) is 12.0. The Kier molecular flexibility index (Phi) is 4.96. The molecule has 1 aromatic heterocycles. The summed E-state index contributed by atoms with van der Waals surface area (Å²) < 4.78 is 1.89. The fraction of sp³-hybridized carbons (Fsp3) is 0.750. The second-order valence-electron chi connectivity index (χ2n) is 4.27. The molecule has 0 saturated heterocycles. The van der Waals surface area contributed by atoms with Gasteiger partial charge < -0.3 is 10.4 Å². The average molecular weight is 225 g/mol. The van der Waals surface area contributed by atoms with Crippen molar-refractivity contribution >= 4 is 0 Å². The van der Waals surface area contributed by atoms with Crippen molar-refractivity contribution in [2.45, 2.75) is 38.6 Å². The third kappa shape index (κ3) is 3.06. The Hall–Kier alpha value is -0.870. The number of hydrogen-bond acceptors (Lipinski definition) is 3. The molecule has 2 N–H and O–H groups in total. The van der Waals surface area contributed by atoms with Crippen molar-refractivity contribution < 1.29 is 5.11 Å². The quantitative estimate of drug-likeness (QED) is 0.730. The molecule has 0 aliphatic rings. The molecule has 0 spiro atoms. The van der Waals surface area contributed by atoms with Crippen molar-refractivity contribution in [1.82, 2.24) is 15.1 Å². The van der Waals surface area contributed by atoms with Crippen LogP contribution in [0.2, 0.25) is 0 Å². The lowest BCUT2D eigenvalue weighted by Crippen LogP contribution is -2.48. The topological polar surface area (TPSA) is 50.1 Å². The Morgan fingerprint density at radius 3 is 2.56 bits per heavy atom. The van der Waals surface area contributed by atoms with Gasteiger partial charge in [0, 0.05) is 37.4 Å². The molecule has 0 aliphatic heterocycles. The zero-order valence-corrected chi connectivity index (χ0v) is 10.5. The van der Waals surface area contributed by atoms with Crippen LogP contribution in [0.3, 0.4) is 0 Å². The lowest BCUT2D eigenvalue weighted by atomic mass is 9.94. The number of nitrogens with zero attached hydrogens (tertiary/aromatic N) is 2. The van der Waals surface area contributed by atoms with Crippen molar-refractivity contribution in [1.29, 1.82) is 0 Å². The summed E-state index contributed by atoms with van der Waals surface area (Å²) >= 11 is 0. The van der Waals surface area contributed by atoms with Gasteiger partial charge in [-0.3, -0.25) is 4.68 Å². The lowest BCUT2D eigenvalue weighted by molar-refractivity contribution is 0.151. The van der Waals surface area contributed by atoms with Crippen LogP contribution in [0.1, 0.15) is 32.4 Å². The monoisotopic (exact) mass is 225 g/mol. The van der Waals surface area contributed by atoms with E-state index in [1.54, 1.807) is 0 Å². The molecule has 0 fully saturated rings. The van der Waals surface area contributed by atoms with E-state index in [-0.39, 0.29) is 12.1 Å². The Bertz CT molecular complexity index is 297. The van der Waals surface area contributed by atoms with Crippen LogP contribution in [0.25, 0.3) is 0 Å². The van der Waals surface area contributed by atoms with Gasteiger partial charge in [-0.05, 0) is 18.9 Å². The maximum atomic E-state index is 9.41. The van der Waals surface area contributed by atoms with E-state index in [4.69, 9.17) is 0 Å². The molecule has 1 rings (SSSR count). The first kappa shape index (κ1) is 13.2. The van der Waals surface area contributed by atoms with Crippen LogP contribution in [0.15, 0.2) is 12.3 Å². The highest BCUT2D eigenvalue weighted by Gasteiger charge is 2.23. The molecule has 4 nitrogen and oxygen atoms in total. The molecule has 4 heteroatoms. The average Bonchev–Trinajstić information content (AvgIpc) is 2.71. The van der Waals surface area contributed by atoms with E-state index < -0.39 is 0 Å². The van der Waals surface area contributed by atoms with Crippen molar-refractivity contribution in [3.05, 3.63) is 18.0 Å². The SMILES string of the molecule is CCC(CC)(CO)NCCc1ccnn1C. The first-order valence-electron chi connectivity index (χ1n) is 6.00. The van der Waals surface area contributed by atoms with Gasteiger partial charge in [0.1, 0.15) is 0 Å². The fourth-order valence-corrected chi connectivity index (χ4v) is 1.88. The summed E-state index contributed by atoms with van der Waals surface area (Å²) in [6, 6.07) is 2.03. The van der Waals surface area contributed by atoms with Crippen LogP contribution >= 0.6 is 0 Å². The van der Waals surface area contributed by atoms with Crippen molar-refractivity contribution in [3.8, 4) is 0 Å². The third-order valence-electron chi connectivity index (χ3n) is 3.46. The molecular weight excluding hydrogens is 202 g/mol. The number of aliphatic hydroxyl groups excluding tert-OH is 1. The minimum absolute atomic E-state index is 0.113. The van der Waals surface area contributed by atoms with Gasteiger partial charge >= 0.3 is 0 Å². The molecule has 16 heavy (non-hydrogen) atoms. The van der Waals surface area contributed by atoms with Gasteiger partial charge in [0.15, 0.2) is 0 Å². The molecule has 0 aromatic carbocycles. The van der Waals surface area contributed by atoms with E-state index in [0.29, 0.717) is 0 Å². The minimum Gasteiger partial charge on any atom is -0.394 e. The molecule has 0 atom stereocenters. The van der Waals surface area contributed by atoms with Gasteiger partial charge in [-0.25, -0.2) is 0 Å². The van der Waals surface area contributed by atoms with Crippen LogP contribution in [-0.4, -0.2) is 33.6 Å². The summed E-state index contributed by atoms with van der Waals surface area (Å²) in [6.45, 7) is 5.29. The second kappa shape index (κ2) is 6.01. The summed E-state index contributed by atoms with van der Waals surface area (Å²) in [5.74, 6) is 0. The van der Waals surface area contributed by atoms with Crippen molar-refractivity contribution in [2.24, 2.45) is 7.05 Å². The van der Waals surface area contributed by atoms with Crippen LogP contribution < -0.4 is 5.32 Å². The smallest absolute Gasteiger partial charge is 0.0613 e. The summed E-state index contributed by atoms with van der Waals surface area (Å²) in [5.41, 5.74) is 1.10. The van der Waals surface area contributed by atoms with Crippen LogP contribution in [0, 0.1) is 0 Å². The predicted octanol–water partition coefficient (Wildman–Crippen LogP) is 1.10. The maximum absolute atomic E-state index is 9.41. The molecule has 1 heterocycles. The van der Waals surface area contributed by atoms with Crippen molar-refractivity contribution in [2.75, 3.05) is 13.2 Å². The molecule has 0 aliphatic carbocycles. The van der Waals surface area contributed by atoms with Gasteiger partial charge in [0.2, 0.25) is 0 Å². The molecule has 0 bridgehead atoms. The van der Waals surface area contributed by atoms with Crippen LogP contribution in [0.5, 0.6) is 0 Å². The summed E-state index contributed by atoms with van der Waals surface area (Å²) in [4.78, 5) is 0. The highest BCUT2D eigenvalue weighted by atomic mass is 16.3. The highest BCUT2D eigenvalue weighted by Crippen LogP contribution is 2.13. The van der Waals surface area contributed by atoms with E-state index in [9.17, 15) is 5.11 Å². The first-order chi connectivity index (χ1) is 7.67. The van der Waals surface area contributed by atoms with E-state index in [1.807, 2.05) is 24.0 Å². The number of aliphatic hydroxyl groups is 1. The number of aryl methyl sites for hydroxylation is 1. The number of aromatic nitrogens is 2. The van der Waals surface area contributed by atoms with Gasteiger partial charge in [-0.1, -0.05) is 13.8 Å². The number of rotatable bonds is 7. The molecule has 0 amide bonds. The largest absolute Gasteiger partial charge is 0.394 e. The Morgan fingerprint density at radius 1 is 1.44 bits per heavy atom. The zero-order valence-electron chi connectivity index (χ0n) is 10.5. The fourth-order valence-electron chi connectivity index (χ4n) is 1.88. The molecule has 0 radical (unpaired) electrons. The molecule has 1 aromatic rings. The summed E-state index contributed by atoms with van der Waals surface area (Å²) in [5, 5.41) is 17.0. The van der Waals surface area contributed by atoms with Gasteiger partial charge in [0.05, 0.1) is 6.61 Å². The van der Waals surface area contributed by atoms with Crippen LogP contribution in [-0.2, 0) is 13.5 Å². The van der Waals surface area contributed by atoms with Gasteiger partial charge in [-0.15, -0.1) is 0 Å². The van der Waals surface area contributed by atoms with E-state index >= 15 is 0 Å². The van der Waals surface area contributed by atoms with Crippen LogP contribution in [0.4, 0.5) is 0 Å². The third-order valence-corrected chi connectivity index (χ3v) is 3.46. The Morgan fingerprint density at radius 2 is 2.12 bits per heavy atom. The molecule has 92 valence electrons. The van der Waals surface area contributed by atoms with E-state index in [2.05, 4.69) is 24.3 Å². The maximum Gasteiger partial charge on any atom is 0.0613 e. The Balaban J connectivity index is 2.42. The first-order valence-corrected chi connectivity index (χ1v) is 6.00. The minimum atomic E-state index is -0.113. The van der Waals surface area contributed by atoms with Gasteiger partial charge in [0.25, 0.3) is 0 Å². The normalized spacial score (nSPS) is 12.0. The number of hydrogen-bond donors (Lipinski definition) is 2. The van der Waals surface area contributed by atoms with Gasteiger partial charge in [-0.2, -0.15) is 5.10 Å². The summed E-state index contributed by atoms with van der Waals surface area (Å²) in [6.07, 6.45) is 4.66. The lowest BCUT2D eigenvalue weighted by Gasteiger charge is -2.30.